The van der Waals surface area contributed by atoms with Crippen LogP contribution in [0, 0.1) is 5.82 Å². The van der Waals surface area contributed by atoms with E-state index in [0.717, 1.165) is 10.0 Å². The highest BCUT2D eigenvalue weighted by Gasteiger charge is 2.17. The second-order valence-electron chi connectivity index (χ2n) is 4.32. The van der Waals surface area contributed by atoms with Crippen LogP contribution in [0.5, 0.6) is 5.75 Å². The summed E-state index contributed by atoms with van der Waals surface area (Å²) in [4.78, 5) is 0. The predicted molar refractivity (Wildman–Crippen MR) is 80.8 cm³/mol. The highest BCUT2D eigenvalue weighted by molar-refractivity contribution is 9.10. The van der Waals surface area contributed by atoms with Crippen LogP contribution < -0.4 is 4.74 Å². The second kappa shape index (κ2) is 6.57. The molecule has 106 valence electrons. The first-order valence-electron chi connectivity index (χ1n) is 5.97. The van der Waals surface area contributed by atoms with Crippen LogP contribution >= 0.6 is 27.5 Å². The zero-order valence-electron chi connectivity index (χ0n) is 10.7. The van der Waals surface area contributed by atoms with Crippen LogP contribution in [-0.4, -0.2) is 12.2 Å². The Bertz CT molecular complexity index is 619. The zero-order valence-corrected chi connectivity index (χ0v) is 13.1. The molecule has 0 bridgehead atoms. The zero-order chi connectivity index (χ0) is 14.7. The Hall–Kier alpha value is -1.10. The Kier molecular flexibility index (Phi) is 5.02. The number of halogens is 3. The number of methoxy groups -OCH3 is 1. The van der Waals surface area contributed by atoms with Gasteiger partial charge in [0.25, 0.3) is 0 Å². The normalized spacial score (nSPS) is 12.2. The number of hydrogen-bond acceptors (Lipinski definition) is 2. The summed E-state index contributed by atoms with van der Waals surface area (Å²) in [6.45, 7) is 0. The average molecular weight is 360 g/mol. The molecule has 0 radical (unpaired) electrons. The molecule has 1 N–H and O–H groups in total. The second-order valence-corrected chi connectivity index (χ2v) is 5.64. The van der Waals surface area contributed by atoms with Gasteiger partial charge in [-0.25, -0.2) is 4.39 Å². The molecule has 0 heterocycles. The number of hydrogen-bond donors (Lipinski definition) is 1. The van der Waals surface area contributed by atoms with Crippen LogP contribution in [0.4, 0.5) is 4.39 Å². The first kappa shape index (κ1) is 15.3. The fraction of sp³-hybridized carbons (Fsp3) is 0.200. The summed E-state index contributed by atoms with van der Waals surface area (Å²) in [7, 11) is 1.55. The Balaban J connectivity index is 2.30. The summed E-state index contributed by atoms with van der Waals surface area (Å²) in [5.41, 5.74) is 0.966. The third-order valence-electron chi connectivity index (χ3n) is 3.00. The van der Waals surface area contributed by atoms with Gasteiger partial charge in [-0.2, -0.15) is 0 Å². The minimum atomic E-state index is -0.989. The maximum Gasteiger partial charge on any atom is 0.147 e. The quantitative estimate of drug-likeness (QED) is 0.869. The van der Waals surface area contributed by atoms with E-state index in [1.165, 1.54) is 12.1 Å². The van der Waals surface area contributed by atoms with E-state index in [2.05, 4.69) is 15.9 Å². The minimum Gasteiger partial charge on any atom is -0.496 e. The fourth-order valence-electron chi connectivity index (χ4n) is 2.00. The van der Waals surface area contributed by atoms with Crippen LogP contribution in [0.3, 0.4) is 0 Å². The van der Waals surface area contributed by atoms with E-state index in [-0.39, 0.29) is 17.0 Å². The Morgan fingerprint density at radius 3 is 2.80 bits per heavy atom. The van der Waals surface area contributed by atoms with Crippen LogP contribution in [0.15, 0.2) is 40.9 Å². The largest absolute Gasteiger partial charge is 0.496 e. The lowest BCUT2D eigenvalue weighted by atomic mass is 10.0. The molecule has 0 saturated heterocycles. The van der Waals surface area contributed by atoms with Gasteiger partial charge in [0, 0.05) is 16.5 Å². The molecular weight excluding hydrogens is 347 g/mol. The summed E-state index contributed by atoms with van der Waals surface area (Å²) in [5.74, 6) is 0.0605. The van der Waals surface area contributed by atoms with Crippen molar-refractivity contribution in [1.29, 1.82) is 0 Å². The third kappa shape index (κ3) is 3.32. The van der Waals surface area contributed by atoms with E-state index in [4.69, 9.17) is 16.3 Å². The summed E-state index contributed by atoms with van der Waals surface area (Å²) in [6, 6.07) is 10.1. The number of ether oxygens (including phenoxy) is 1. The molecule has 0 fully saturated rings. The van der Waals surface area contributed by atoms with Crippen molar-refractivity contribution >= 4 is 27.5 Å². The molecular formula is C15H13BrClFO2. The third-order valence-corrected chi connectivity index (χ3v) is 3.78. The Morgan fingerprint density at radius 1 is 1.35 bits per heavy atom. The number of aliphatic hydroxyl groups is 1. The molecule has 0 saturated carbocycles. The molecule has 2 aromatic rings. The van der Waals surface area contributed by atoms with Gasteiger partial charge in [0.05, 0.1) is 18.2 Å². The van der Waals surface area contributed by atoms with E-state index < -0.39 is 11.9 Å². The highest BCUT2D eigenvalue weighted by Crippen LogP contribution is 2.30. The average Bonchev–Trinajstić information content (AvgIpc) is 2.42. The fourth-order valence-corrected chi connectivity index (χ4v) is 2.59. The number of benzene rings is 2. The molecule has 1 unspecified atom stereocenters. The van der Waals surface area contributed by atoms with Crippen molar-refractivity contribution in [3.05, 3.63) is 62.8 Å². The van der Waals surface area contributed by atoms with Crippen LogP contribution in [0.25, 0.3) is 0 Å². The van der Waals surface area contributed by atoms with Gasteiger partial charge in [-0.15, -0.1) is 0 Å². The molecule has 2 nitrogen and oxygen atoms in total. The lowest BCUT2D eigenvalue weighted by Crippen LogP contribution is -2.06. The minimum absolute atomic E-state index is 0.00255. The SMILES string of the molecule is COc1ccc(Br)cc1CC(O)c1cccc(Cl)c1F. The van der Waals surface area contributed by atoms with Gasteiger partial charge >= 0.3 is 0 Å². The Labute approximate surface area is 130 Å². The van der Waals surface area contributed by atoms with E-state index in [9.17, 15) is 9.50 Å². The van der Waals surface area contributed by atoms with Crippen LogP contribution in [-0.2, 0) is 6.42 Å². The first-order chi connectivity index (χ1) is 9.52. The summed E-state index contributed by atoms with van der Waals surface area (Å²) >= 11 is 9.09. The van der Waals surface area contributed by atoms with E-state index >= 15 is 0 Å². The van der Waals surface area contributed by atoms with Crippen molar-refractivity contribution in [2.75, 3.05) is 7.11 Å². The predicted octanol–water partition coefficient (Wildman–Crippen LogP) is 4.53. The molecule has 0 aliphatic carbocycles. The molecule has 0 spiro atoms. The van der Waals surface area contributed by atoms with Crippen molar-refractivity contribution in [3.63, 3.8) is 0 Å². The van der Waals surface area contributed by atoms with Gasteiger partial charge < -0.3 is 9.84 Å². The Morgan fingerprint density at radius 2 is 2.10 bits per heavy atom. The van der Waals surface area contributed by atoms with E-state index in [1.807, 2.05) is 12.1 Å². The molecule has 2 rings (SSSR count). The first-order valence-corrected chi connectivity index (χ1v) is 7.14. The number of aliphatic hydroxyl groups excluding tert-OH is 1. The van der Waals surface area contributed by atoms with Gasteiger partial charge in [0.1, 0.15) is 11.6 Å². The van der Waals surface area contributed by atoms with Gasteiger partial charge in [-0.1, -0.05) is 39.7 Å². The van der Waals surface area contributed by atoms with Gasteiger partial charge in [-0.05, 0) is 29.8 Å². The summed E-state index contributed by atoms with van der Waals surface area (Å²) in [5, 5.41) is 10.2. The summed E-state index contributed by atoms with van der Waals surface area (Å²) < 4.78 is 20.0. The van der Waals surface area contributed by atoms with Crippen molar-refractivity contribution in [1.82, 2.24) is 0 Å². The van der Waals surface area contributed by atoms with Crippen molar-refractivity contribution in [2.45, 2.75) is 12.5 Å². The molecule has 2 aromatic carbocycles. The van der Waals surface area contributed by atoms with Crippen LogP contribution in [0.2, 0.25) is 5.02 Å². The summed E-state index contributed by atoms with van der Waals surface area (Å²) in [6.07, 6.45) is -0.753. The molecule has 0 aliphatic rings. The maximum absolute atomic E-state index is 13.9. The molecule has 0 aliphatic heterocycles. The lowest BCUT2D eigenvalue weighted by molar-refractivity contribution is 0.172. The van der Waals surface area contributed by atoms with Crippen LogP contribution in [0.1, 0.15) is 17.2 Å². The smallest absolute Gasteiger partial charge is 0.147 e. The van der Waals surface area contributed by atoms with Gasteiger partial charge in [-0.3, -0.25) is 0 Å². The molecule has 0 aromatic heterocycles. The molecule has 0 amide bonds. The van der Waals surface area contributed by atoms with Crippen molar-refractivity contribution in [3.8, 4) is 5.75 Å². The van der Waals surface area contributed by atoms with Crippen molar-refractivity contribution < 1.29 is 14.2 Å². The monoisotopic (exact) mass is 358 g/mol. The van der Waals surface area contributed by atoms with E-state index in [1.54, 1.807) is 19.2 Å². The maximum atomic E-state index is 13.9. The van der Waals surface area contributed by atoms with Gasteiger partial charge in [0.2, 0.25) is 0 Å². The molecule has 5 heteroatoms. The highest BCUT2D eigenvalue weighted by atomic mass is 79.9. The standard InChI is InChI=1S/C15H13BrClFO2/c1-20-14-6-5-10(16)7-9(14)8-13(19)11-3-2-4-12(17)15(11)18/h2-7,13,19H,8H2,1H3. The van der Waals surface area contributed by atoms with E-state index in [0.29, 0.717) is 5.75 Å². The topological polar surface area (TPSA) is 29.5 Å². The van der Waals surface area contributed by atoms with Crippen molar-refractivity contribution in [2.24, 2.45) is 0 Å². The van der Waals surface area contributed by atoms with Gasteiger partial charge in [0.15, 0.2) is 0 Å². The number of rotatable bonds is 4. The lowest BCUT2D eigenvalue weighted by Gasteiger charge is -2.15. The molecule has 1 atom stereocenters. The molecule has 20 heavy (non-hydrogen) atoms.